The van der Waals surface area contributed by atoms with E-state index in [0.717, 1.165) is 17.7 Å². The fourth-order valence-corrected chi connectivity index (χ4v) is 2.63. The molecule has 0 saturated carbocycles. The molecule has 1 unspecified atom stereocenters. The third-order valence-electron chi connectivity index (χ3n) is 3.89. The minimum Gasteiger partial charge on any atom is -0.491 e. The summed E-state index contributed by atoms with van der Waals surface area (Å²) in [6, 6.07) is 11.3. The van der Waals surface area contributed by atoms with E-state index in [9.17, 15) is 22.0 Å². The highest BCUT2D eigenvalue weighted by Crippen LogP contribution is 2.38. The summed E-state index contributed by atoms with van der Waals surface area (Å²) in [7, 11) is 0. The van der Waals surface area contributed by atoms with Gasteiger partial charge in [-0.1, -0.05) is 24.3 Å². The molecule has 0 heterocycles. The Bertz CT molecular complexity index is 634. The quantitative estimate of drug-likeness (QED) is 0.539. The van der Waals surface area contributed by atoms with E-state index in [1.807, 2.05) is 0 Å². The Morgan fingerprint density at radius 3 is 2.12 bits per heavy atom. The van der Waals surface area contributed by atoms with Crippen molar-refractivity contribution in [3.63, 3.8) is 0 Å². The van der Waals surface area contributed by atoms with Crippen molar-refractivity contribution in [2.75, 3.05) is 13.3 Å². The van der Waals surface area contributed by atoms with Gasteiger partial charge in [-0.15, -0.1) is 0 Å². The van der Waals surface area contributed by atoms with E-state index < -0.39 is 24.6 Å². The number of hydrogen-bond donors (Lipinski definition) is 0. The first-order chi connectivity index (χ1) is 11.9. The summed E-state index contributed by atoms with van der Waals surface area (Å²) >= 11 is 0. The predicted octanol–water partition coefficient (Wildman–Crippen LogP) is 5.84. The van der Waals surface area contributed by atoms with Gasteiger partial charge in [-0.05, 0) is 54.7 Å². The summed E-state index contributed by atoms with van der Waals surface area (Å²) in [5.41, 5.74) is 0.955. The topological polar surface area (TPSA) is 9.23 Å². The van der Waals surface area contributed by atoms with E-state index >= 15 is 0 Å². The Morgan fingerprint density at radius 1 is 0.920 bits per heavy atom. The number of benzene rings is 2. The van der Waals surface area contributed by atoms with Crippen LogP contribution in [0.2, 0.25) is 0 Å². The summed E-state index contributed by atoms with van der Waals surface area (Å²) in [5, 5.41) is 0. The number of ether oxygens (including phenoxy) is 1. The monoisotopic (exact) mass is 358 g/mol. The fourth-order valence-electron chi connectivity index (χ4n) is 2.63. The first kappa shape index (κ1) is 19.2. The van der Waals surface area contributed by atoms with Crippen molar-refractivity contribution in [1.82, 2.24) is 0 Å². The maximum absolute atomic E-state index is 13.3. The molecule has 1 nitrogen and oxygen atoms in total. The second-order valence-corrected chi connectivity index (χ2v) is 5.72. The average Bonchev–Trinajstić information content (AvgIpc) is 2.58. The lowest BCUT2D eigenvalue weighted by Gasteiger charge is -2.20. The van der Waals surface area contributed by atoms with Crippen LogP contribution in [0.4, 0.5) is 22.0 Å². The minimum atomic E-state index is -4.37. The zero-order valence-electron chi connectivity index (χ0n) is 13.5. The second-order valence-electron chi connectivity index (χ2n) is 5.72. The molecular weight excluding hydrogens is 339 g/mol. The van der Waals surface area contributed by atoms with Crippen LogP contribution < -0.4 is 4.74 Å². The van der Waals surface area contributed by atoms with Crippen molar-refractivity contribution in [3.05, 3.63) is 65.5 Å². The van der Waals surface area contributed by atoms with Gasteiger partial charge < -0.3 is 4.74 Å². The van der Waals surface area contributed by atoms with E-state index in [0.29, 0.717) is 18.6 Å². The fraction of sp³-hybridized carbons (Fsp3) is 0.368. The molecule has 0 bridgehead atoms. The number of rotatable bonds is 8. The molecule has 0 aromatic heterocycles. The van der Waals surface area contributed by atoms with Crippen LogP contribution in [0.15, 0.2) is 48.5 Å². The van der Waals surface area contributed by atoms with Gasteiger partial charge in [0.1, 0.15) is 24.8 Å². The highest BCUT2D eigenvalue weighted by Gasteiger charge is 2.39. The molecule has 0 aliphatic rings. The number of alkyl halides is 4. The van der Waals surface area contributed by atoms with E-state index in [4.69, 9.17) is 4.74 Å². The molecule has 136 valence electrons. The van der Waals surface area contributed by atoms with Gasteiger partial charge in [-0.25, -0.2) is 8.78 Å². The normalized spacial score (nSPS) is 12.8. The molecule has 25 heavy (non-hydrogen) atoms. The van der Waals surface area contributed by atoms with Crippen molar-refractivity contribution in [3.8, 4) is 5.75 Å². The lowest BCUT2D eigenvalue weighted by molar-refractivity contribution is -0.152. The van der Waals surface area contributed by atoms with Crippen LogP contribution >= 0.6 is 0 Å². The van der Waals surface area contributed by atoms with E-state index in [-0.39, 0.29) is 18.6 Å². The SMILES string of the molecule is FCCOc1ccc(CCCC(c2ccc(F)cc2)C(F)(F)F)cc1. The van der Waals surface area contributed by atoms with Crippen LogP contribution in [-0.4, -0.2) is 19.5 Å². The van der Waals surface area contributed by atoms with Gasteiger partial charge in [0.15, 0.2) is 0 Å². The van der Waals surface area contributed by atoms with Crippen molar-refractivity contribution in [2.45, 2.75) is 31.4 Å². The molecule has 1 atom stereocenters. The Labute approximate surface area is 143 Å². The van der Waals surface area contributed by atoms with Crippen molar-refractivity contribution in [1.29, 1.82) is 0 Å². The summed E-state index contributed by atoms with van der Waals surface area (Å²) in [6.07, 6.45) is -3.62. The average molecular weight is 358 g/mol. The number of aryl methyl sites for hydroxylation is 1. The second kappa shape index (κ2) is 8.83. The summed E-state index contributed by atoms with van der Waals surface area (Å²) < 4.78 is 69.8. The zero-order chi connectivity index (χ0) is 18.3. The van der Waals surface area contributed by atoms with Gasteiger partial charge in [0.05, 0.1) is 5.92 Å². The smallest absolute Gasteiger partial charge is 0.395 e. The van der Waals surface area contributed by atoms with Crippen molar-refractivity contribution < 1.29 is 26.7 Å². The van der Waals surface area contributed by atoms with Crippen LogP contribution in [0.1, 0.15) is 29.9 Å². The lowest BCUT2D eigenvalue weighted by Crippen LogP contribution is -2.21. The summed E-state index contributed by atoms with van der Waals surface area (Å²) in [6.45, 7) is -0.603. The molecule has 0 amide bonds. The molecule has 0 N–H and O–H groups in total. The Hall–Kier alpha value is -2.11. The molecular formula is C19H19F5O. The highest BCUT2D eigenvalue weighted by molar-refractivity contribution is 5.27. The minimum absolute atomic E-state index is 0.0235. The Kier molecular flexibility index (Phi) is 6.79. The van der Waals surface area contributed by atoms with Crippen LogP contribution in [0.5, 0.6) is 5.75 Å². The number of halogens is 5. The molecule has 2 aromatic carbocycles. The van der Waals surface area contributed by atoms with Crippen LogP contribution in [-0.2, 0) is 6.42 Å². The van der Waals surface area contributed by atoms with Crippen molar-refractivity contribution in [2.24, 2.45) is 0 Å². The van der Waals surface area contributed by atoms with Gasteiger partial charge in [0.2, 0.25) is 0 Å². The molecule has 2 rings (SSSR count). The molecule has 0 aliphatic heterocycles. The Morgan fingerprint density at radius 2 is 1.56 bits per heavy atom. The maximum atomic E-state index is 13.3. The zero-order valence-corrected chi connectivity index (χ0v) is 13.5. The van der Waals surface area contributed by atoms with Gasteiger partial charge in [-0.3, -0.25) is 0 Å². The first-order valence-electron chi connectivity index (χ1n) is 8.00. The Balaban J connectivity index is 1.93. The molecule has 0 aliphatic carbocycles. The standard InChI is InChI=1S/C19H19F5O/c20-12-13-25-17-10-4-14(5-11-17)2-1-3-18(19(22,23)24)15-6-8-16(21)9-7-15/h4-11,18H,1-3,12-13H2. The first-order valence-corrected chi connectivity index (χ1v) is 8.00. The van der Waals surface area contributed by atoms with Gasteiger partial charge in [0, 0.05) is 0 Å². The molecule has 6 heteroatoms. The number of hydrogen-bond acceptors (Lipinski definition) is 1. The van der Waals surface area contributed by atoms with Crippen LogP contribution in [0.3, 0.4) is 0 Å². The summed E-state index contributed by atoms with van der Waals surface area (Å²) in [4.78, 5) is 0. The molecule has 0 radical (unpaired) electrons. The lowest BCUT2D eigenvalue weighted by atomic mass is 9.92. The maximum Gasteiger partial charge on any atom is 0.395 e. The van der Waals surface area contributed by atoms with E-state index in [2.05, 4.69) is 0 Å². The third kappa shape index (κ3) is 6.03. The molecule has 0 fully saturated rings. The predicted molar refractivity (Wildman–Crippen MR) is 86.0 cm³/mol. The molecule has 2 aromatic rings. The van der Waals surface area contributed by atoms with Crippen LogP contribution in [0.25, 0.3) is 0 Å². The molecule has 0 spiro atoms. The van der Waals surface area contributed by atoms with Gasteiger partial charge >= 0.3 is 6.18 Å². The highest BCUT2D eigenvalue weighted by atomic mass is 19.4. The van der Waals surface area contributed by atoms with Gasteiger partial charge in [0.25, 0.3) is 0 Å². The summed E-state index contributed by atoms with van der Waals surface area (Å²) in [5.74, 6) is -1.64. The van der Waals surface area contributed by atoms with Crippen molar-refractivity contribution >= 4 is 0 Å². The third-order valence-corrected chi connectivity index (χ3v) is 3.89. The van der Waals surface area contributed by atoms with Crippen LogP contribution in [0, 0.1) is 5.82 Å². The van der Waals surface area contributed by atoms with Gasteiger partial charge in [-0.2, -0.15) is 13.2 Å². The van der Waals surface area contributed by atoms with E-state index in [1.54, 1.807) is 24.3 Å². The largest absolute Gasteiger partial charge is 0.491 e. The van der Waals surface area contributed by atoms with E-state index in [1.165, 1.54) is 12.1 Å². The molecule has 0 saturated heterocycles.